The van der Waals surface area contributed by atoms with Crippen molar-refractivity contribution in [2.75, 3.05) is 11.9 Å². The summed E-state index contributed by atoms with van der Waals surface area (Å²) in [6, 6.07) is 7.20. The van der Waals surface area contributed by atoms with Crippen LogP contribution in [0.4, 0.5) is 13.9 Å². The first-order chi connectivity index (χ1) is 13.2. The molecule has 10 heteroatoms. The molecule has 138 valence electrons. The summed E-state index contributed by atoms with van der Waals surface area (Å²) in [5.74, 6) is 0.171. The van der Waals surface area contributed by atoms with Gasteiger partial charge in [-0.25, -0.2) is 23.3 Å². The number of nitrogens with one attached hydrogen (secondary N) is 1. The van der Waals surface area contributed by atoms with Crippen LogP contribution in [0.2, 0.25) is 0 Å². The number of pyridine rings is 2. The lowest BCUT2D eigenvalue weighted by Gasteiger charge is -2.06. The highest BCUT2D eigenvalue weighted by molar-refractivity contribution is 7.20. The number of fused-ring (bicyclic) bond motifs is 1. The van der Waals surface area contributed by atoms with Crippen molar-refractivity contribution < 1.29 is 13.5 Å². The summed E-state index contributed by atoms with van der Waals surface area (Å²) in [4.78, 5) is 13.3. The Kier molecular flexibility index (Phi) is 4.88. The smallest absolute Gasteiger partial charge is 0.272 e. The van der Waals surface area contributed by atoms with Crippen LogP contribution in [0.15, 0.2) is 49.1 Å². The monoisotopic (exact) mass is 388 g/mol. The van der Waals surface area contributed by atoms with Gasteiger partial charge in [-0.3, -0.25) is 4.98 Å². The fourth-order valence-corrected chi connectivity index (χ4v) is 3.17. The minimum atomic E-state index is -2.53. The van der Waals surface area contributed by atoms with Crippen LogP contribution in [0.1, 0.15) is 5.56 Å². The molecule has 0 fully saturated rings. The van der Waals surface area contributed by atoms with Crippen LogP contribution < -0.4 is 10.1 Å². The van der Waals surface area contributed by atoms with E-state index in [1.54, 1.807) is 29.0 Å². The molecule has 0 spiro atoms. The molecule has 0 unspecified atom stereocenters. The number of hydrogen-bond acceptors (Lipinski definition) is 7. The summed E-state index contributed by atoms with van der Waals surface area (Å²) in [5.41, 5.74) is 2.58. The second-order valence-electron chi connectivity index (χ2n) is 5.56. The van der Waals surface area contributed by atoms with Crippen LogP contribution in [0.25, 0.3) is 16.2 Å². The van der Waals surface area contributed by atoms with Crippen LogP contribution in [-0.4, -0.2) is 37.6 Å². The second-order valence-corrected chi connectivity index (χ2v) is 6.52. The van der Waals surface area contributed by atoms with Crippen molar-refractivity contribution in [3.05, 3.63) is 54.6 Å². The van der Waals surface area contributed by atoms with Gasteiger partial charge in [-0.2, -0.15) is 0 Å². The first kappa shape index (κ1) is 17.3. The van der Waals surface area contributed by atoms with Crippen LogP contribution in [0.5, 0.6) is 5.88 Å². The van der Waals surface area contributed by atoms with Gasteiger partial charge in [0.25, 0.3) is 6.43 Å². The third-order valence-electron chi connectivity index (χ3n) is 3.60. The van der Waals surface area contributed by atoms with E-state index in [-0.39, 0.29) is 5.88 Å². The van der Waals surface area contributed by atoms with E-state index in [4.69, 9.17) is 4.74 Å². The zero-order valence-electron chi connectivity index (χ0n) is 13.9. The van der Waals surface area contributed by atoms with Crippen molar-refractivity contribution in [2.45, 2.75) is 13.0 Å². The Labute approximate surface area is 156 Å². The maximum Gasteiger partial charge on any atom is 0.272 e. The molecular formula is C17H14F2N6OS. The minimum Gasteiger partial charge on any atom is -0.472 e. The zero-order valence-corrected chi connectivity index (χ0v) is 14.7. The molecule has 4 rings (SSSR count). The number of rotatable bonds is 7. The third kappa shape index (κ3) is 4.17. The van der Waals surface area contributed by atoms with E-state index < -0.39 is 13.0 Å². The van der Waals surface area contributed by atoms with E-state index >= 15 is 0 Å². The summed E-state index contributed by atoms with van der Waals surface area (Å²) in [6.07, 6.45) is 4.30. The molecule has 4 aromatic rings. The van der Waals surface area contributed by atoms with Crippen molar-refractivity contribution >= 4 is 21.4 Å². The molecular weight excluding hydrogens is 374 g/mol. The van der Waals surface area contributed by atoms with Crippen LogP contribution in [0.3, 0.4) is 0 Å². The largest absolute Gasteiger partial charge is 0.472 e. The number of nitrogens with zero attached hydrogens (tertiary/aromatic N) is 5. The van der Waals surface area contributed by atoms with Gasteiger partial charge in [0.05, 0.1) is 11.9 Å². The van der Waals surface area contributed by atoms with E-state index in [1.807, 2.05) is 18.3 Å². The molecule has 0 saturated heterocycles. The lowest BCUT2D eigenvalue weighted by Crippen LogP contribution is -2.08. The SMILES string of the molecule is FC(F)COc1cc(CNc2nn3cc(-c4cccnc4)nc3s2)ccn1. The molecule has 0 aliphatic heterocycles. The van der Waals surface area contributed by atoms with Crippen LogP contribution in [0, 0.1) is 0 Å². The van der Waals surface area contributed by atoms with Gasteiger partial charge in [-0.05, 0) is 23.8 Å². The second kappa shape index (κ2) is 7.62. The van der Waals surface area contributed by atoms with Crippen molar-refractivity contribution in [2.24, 2.45) is 0 Å². The fraction of sp³-hybridized carbons (Fsp3) is 0.176. The van der Waals surface area contributed by atoms with Gasteiger partial charge in [0, 0.05) is 36.8 Å². The molecule has 4 heterocycles. The van der Waals surface area contributed by atoms with Crippen molar-refractivity contribution in [3.63, 3.8) is 0 Å². The molecule has 0 aliphatic rings. The molecule has 4 aromatic heterocycles. The molecule has 0 saturated carbocycles. The highest BCUT2D eigenvalue weighted by Crippen LogP contribution is 2.24. The predicted molar refractivity (Wildman–Crippen MR) is 97.2 cm³/mol. The van der Waals surface area contributed by atoms with Crippen molar-refractivity contribution in [1.29, 1.82) is 0 Å². The molecule has 1 N–H and O–H groups in total. The number of halogens is 2. The van der Waals surface area contributed by atoms with Gasteiger partial charge in [0.15, 0.2) is 6.61 Å². The lowest BCUT2D eigenvalue weighted by molar-refractivity contribution is 0.0795. The minimum absolute atomic E-state index is 0.171. The van der Waals surface area contributed by atoms with E-state index in [1.165, 1.54) is 17.5 Å². The number of alkyl halides is 2. The number of aromatic nitrogens is 5. The van der Waals surface area contributed by atoms with Gasteiger partial charge in [-0.1, -0.05) is 11.3 Å². The van der Waals surface area contributed by atoms with E-state index in [0.717, 1.165) is 21.8 Å². The first-order valence-electron chi connectivity index (χ1n) is 8.04. The van der Waals surface area contributed by atoms with E-state index in [0.29, 0.717) is 11.7 Å². The average Bonchev–Trinajstić information content (AvgIpc) is 3.25. The summed E-state index contributed by atoms with van der Waals surface area (Å²) >= 11 is 1.41. The Bertz CT molecular complexity index is 1000. The molecule has 27 heavy (non-hydrogen) atoms. The number of imidazole rings is 1. The molecule has 0 aliphatic carbocycles. The molecule has 0 radical (unpaired) electrons. The van der Waals surface area contributed by atoms with Gasteiger partial charge in [-0.15, -0.1) is 5.10 Å². The molecule has 0 bridgehead atoms. The van der Waals surface area contributed by atoms with E-state index in [9.17, 15) is 8.78 Å². The summed E-state index contributed by atoms with van der Waals surface area (Å²) < 4.78 is 31.1. The highest BCUT2D eigenvalue weighted by atomic mass is 32.1. The molecule has 7 nitrogen and oxygen atoms in total. The molecule has 0 atom stereocenters. The number of ether oxygens (including phenoxy) is 1. The third-order valence-corrected chi connectivity index (χ3v) is 4.48. The molecule has 0 amide bonds. The topological polar surface area (TPSA) is 77.2 Å². The average molecular weight is 388 g/mol. The maximum atomic E-state index is 12.2. The van der Waals surface area contributed by atoms with Gasteiger partial charge < -0.3 is 10.1 Å². The predicted octanol–water partition coefficient (Wildman–Crippen LogP) is 3.50. The van der Waals surface area contributed by atoms with Crippen molar-refractivity contribution in [3.8, 4) is 17.1 Å². The fourth-order valence-electron chi connectivity index (χ4n) is 2.39. The van der Waals surface area contributed by atoms with Gasteiger partial charge in [0.1, 0.15) is 0 Å². The van der Waals surface area contributed by atoms with Crippen LogP contribution in [-0.2, 0) is 6.54 Å². The summed E-state index contributed by atoms with van der Waals surface area (Å²) in [5, 5.41) is 8.34. The Hall–Kier alpha value is -3.14. The van der Waals surface area contributed by atoms with E-state index in [2.05, 4.69) is 25.4 Å². The Morgan fingerprint density at radius 2 is 2.19 bits per heavy atom. The first-order valence-corrected chi connectivity index (χ1v) is 8.85. The van der Waals surface area contributed by atoms with Gasteiger partial charge >= 0.3 is 0 Å². The Morgan fingerprint density at radius 3 is 2.96 bits per heavy atom. The lowest BCUT2D eigenvalue weighted by atomic mass is 10.2. The standard InChI is InChI=1S/C17H14F2N6OS/c18-14(19)10-26-15-6-11(3-5-21-15)7-22-16-24-25-9-13(23-17(25)27-16)12-2-1-4-20-8-12/h1-6,8-9,14H,7,10H2,(H,22,24). The maximum absolute atomic E-state index is 12.2. The van der Waals surface area contributed by atoms with Crippen molar-refractivity contribution in [1.82, 2.24) is 24.6 Å². The van der Waals surface area contributed by atoms with Gasteiger partial charge in [0.2, 0.25) is 16.0 Å². The molecule has 0 aromatic carbocycles. The summed E-state index contributed by atoms with van der Waals surface area (Å²) in [7, 11) is 0. The normalized spacial score (nSPS) is 11.2. The summed E-state index contributed by atoms with van der Waals surface area (Å²) in [6.45, 7) is -0.216. The number of anilines is 1. The highest BCUT2D eigenvalue weighted by Gasteiger charge is 2.10. The number of hydrogen-bond donors (Lipinski definition) is 1. The zero-order chi connectivity index (χ0) is 18.6. The Morgan fingerprint density at radius 1 is 1.26 bits per heavy atom. The Balaban J connectivity index is 1.42. The quantitative estimate of drug-likeness (QED) is 0.522. The van der Waals surface area contributed by atoms with Crippen LogP contribution >= 0.6 is 11.3 Å².